The Balaban J connectivity index is 1.68. The number of halogens is 2. The number of hydrogen-bond acceptors (Lipinski definition) is 3. The van der Waals surface area contributed by atoms with Gasteiger partial charge >= 0.3 is 5.97 Å². The summed E-state index contributed by atoms with van der Waals surface area (Å²) < 4.78 is 0. The lowest BCUT2D eigenvalue weighted by atomic mass is 9.99. The van der Waals surface area contributed by atoms with E-state index in [-0.39, 0.29) is 18.4 Å². The fraction of sp³-hybridized carbons (Fsp3) is 0.333. The van der Waals surface area contributed by atoms with Crippen LogP contribution in [0.15, 0.2) is 48.5 Å². The molecular formula is C21H22Cl2N2O3. The van der Waals surface area contributed by atoms with Gasteiger partial charge < -0.3 is 10.0 Å². The van der Waals surface area contributed by atoms with Gasteiger partial charge in [-0.25, -0.2) is 0 Å². The molecule has 1 aliphatic rings. The summed E-state index contributed by atoms with van der Waals surface area (Å²) in [5.41, 5.74) is 1.55. The Morgan fingerprint density at radius 3 is 2.29 bits per heavy atom. The Morgan fingerprint density at radius 1 is 1.00 bits per heavy atom. The maximum absolute atomic E-state index is 12.8. The van der Waals surface area contributed by atoms with E-state index in [2.05, 4.69) is 4.90 Å². The maximum Gasteiger partial charge on any atom is 0.303 e. The van der Waals surface area contributed by atoms with Gasteiger partial charge in [-0.15, -0.1) is 0 Å². The van der Waals surface area contributed by atoms with Crippen molar-refractivity contribution in [1.29, 1.82) is 0 Å². The van der Waals surface area contributed by atoms with Gasteiger partial charge in [0.25, 0.3) is 5.91 Å². The van der Waals surface area contributed by atoms with Gasteiger partial charge in [0.05, 0.1) is 10.6 Å². The molecule has 7 heteroatoms. The van der Waals surface area contributed by atoms with Crippen molar-refractivity contribution in [3.05, 3.63) is 69.7 Å². The molecule has 148 valence electrons. The molecule has 1 atom stereocenters. The molecule has 1 amide bonds. The van der Waals surface area contributed by atoms with E-state index < -0.39 is 5.97 Å². The molecule has 0 unspecified atom stereocenters. The van der Waals surface area contributed by atoms with Crippen molar-refractivity contribution >= 4 is 35.1 Å². The number of benzene rings is 2. The largest absolute Gasteiger partial charge is 0.481 e. The van der Waals surface area contributed by atoms with Crippen LogP contribution >= 0.6 is 23.2 Å². The molecular weight excluding hydrogens is 399 g/mol. The number of carboxylic acid groups (broad SMARTS) is 1. The van der Waals surface area contributed by atoms with Gasteiger partial charge in [-0.05, 0) is 30.2 Å². The smallest absolute Gasteiger partial charge is 0.303 e. The van der Waals surface area contributed by atoms with Crippen molar-refractivity contribution < 1.29 is 14.7 Å². The first kappa shape index (κ1) is 20.6. The first-order valence-electron chi connectivity index (χ1n) is 9.21. The summed E-state index contributed by atoms with van der Waals surface area (Å²) in [6.45, 7) is 2.48. The fourth-order valence-electron chi connectivity index (χ4n) is 3.57. The third-order valence-corrected chi connectivity index (χ3v) is 5.57. The lowest BCUT2D eigenvalue weighted by Crippen LogP contribution is -2.49. The van der Waals surface area contributed by atoms with Gasteiger partial charge in [-0.2, -0.15) is 0 Å². The number of carbonyl (C=O) groups excluding carboxylic acids is 1. The molecule has 0 spiro atoms. The topological polar surface area (TPSA) is 60.9 Å². The Bertz CT molecular complexity index is 837. The molecule has 0 bridgehead atoms. The molecule has 1 N–H and O–H groups in total. The van der Waals surface area contributed by atoms with Crippen molar-refractivity contribution in [3.8, 4) is 0 Å². The van der Waals surface area contributed by atoms with Crippen LogP contribution in [0.5, 0.6) is 0 Å². The predicted octanol–water partition coefficient (Wildman–Crippen LogP) is 4.36. The van der Waals surface area contributed by atoms with Crippen molar-refractivity contribution in [1.82, 2.24) is 9.80 Å². The Labute approximate surface area is 174 Å². The Kier molecular flexibility index (Phi) is 6.94. The number of rotatable bonds is 6. The van der Waals surface area contributed by atoms with Gasteiger partial charge in [0.1, 0.15) is 0 Å². The zero-order valence-corrected chi connectivity index (χ0v) is 16.9. The SMILES string of the molecule is O=C(O)CC[C@H](c1ccccc1)N1CCN(C(=O)c2ccc(Cl)cc2Cl)CC1. The molecule has 1 saturated heterocycles. The summed E-state index contributed by atoms with van der Waals surface area (Å²) in [6.07, 6.45) is 0.648. The summed E-state index contributed by atoms with van der Waals surface area (Å²) in [7, 11) is 0. The maximum atomic E-state index is 12.8. The lowest BCUT2D eigenvalue weighted by molar-refractivity contribution is -0.137. The summed E-state index contributed by atoms with van der Waals surface area (Å²) >= 11 is 12.1. The Morgan fingerprint density at radius 2 is 1.68 bits per heavy atom. The lowest BCUT2D eigenvalue weighted by Gasteiger charge is -2.39. The molecule has 0 radical (unpaired) electrons. The number of aliphatic carboxylic acids is 1. The van der Waals surface area contributed by atoms with Crippen LogP contribution in [0, 0.1) is 0 Å². The van der Waals surface area contributed by atoms with Crippen LogP contribution in [0.1, 0.15) is 34.8 Å². The minimum atomic E-state index is -0.799. The van der Waals surface area contributed by atoms with E-state index in [1.54, 1.807) is 23.1 Å². The van der Waals surface area contributed by atoms with E-state index in [9.17, 15) is 9.59 Å². The number of nitrogens with zero attached hydrogens (tertiary/aromatic N) is 2. The molecule has 5 nitrogen and oxygen atoms in total. The molecule has 0 aromatic heterocycles. The molecule has 3 rings (SSSR count). The van der Waals surface area contributed by atoms with Gasteiger partial charge in [0, 0.05) is 43.7 Å². The van der Waals surface area contributed by atoms with Crippen molar-refractivity contribution in [2.75, 3.05) is 26.2 Å². The zero-order valence-electron chi connectivity index (χ0n) is 15.4. The van der Waals surface area contributed by atoms with Crippen LogP contribution in [-0.4, -0.2) is 53.0 Å². The van der Waals surface area contributed by atoms with E-state index in [1.165, 1.54) is 0 Å². The average molecular weight is 421 g/mol. The minimum Gasteiger partial charge on any atom is -0.481 e. The third-order valence-electron chi connectivity index (χ3n) is 5.02. The second kappa shape index (κ2) is 9.41. The number of carboxylic acids is 1. The summed E-state index contributed by atoms with van der Waals surface area (Å²) in [5.74, 6) is -0.907. The van der Waals surface area contributed by atoms with E-state index >= 15 is 0 Å². The van der Waals surface area contributed by atoms with E-state index in [0.717, 1.165) is 5.56 Å². The quantitative estimate of drug-likeness (QED) is 0.753. The second-order valence-electron chi connectivity index (χ2n) is 6.81. The average Bonchev–Trinajstić information content (AvgIpc) is 2.69. The first-order valence-corrected chi connectivity index (χ1v) is 9.96. The number of amides is 1. The molecule has 1 fully saturated rings. The summed E-state index contributed by atoms with van der Waals surface area (Å²) in [4.78, 5) is 27.9. The summed E-state index contributed by atoms with van der Waals surface area (Å²) in [6, 6.07) is 14.8. The third kappa shape index (κ3) is 5.04. The highest BCUT2D eigenvalue weighted by molar-refractivity contribution is 6.36. The van der Waals surface area contributed by atoms with Gasteiger partial charge in [-0.3, -0.25) is 14.5 Å². The van der Waals surface area contributed by atoms with Crippen molar-refractivity contribution in [3.63, 3.8) is 0 Å². The highest BCUT2D eigenvalue weighted by Crippen LogP contribution is 2.28. The van der Waals surface area contributed by atoms with Crippen LogP contribution in [-0.2, 0) is 4.79 Å². The highest BCUT2D eigenvalue weighted by Gasteiger charge is 2.28. The second-order valence-corrected chi connectivity index (χ2v) is 7.65. The van der Waals surface area contributed by atoms with E-state index in [0.29, 0.717) is 48.2 Å². The molecule has 1 heterocycles. The monoisotopic (exact) mass is 420 g/mol. The van der Waals surface area contributed by atoms with Crippen LogP contribution < -0.4 is 0 Å². The Hall–Kier alpha value is -2.08. The van der Waals surface area contributed by atoms with Gasteiger partial charge in [0.2, 0.25) is 0 Å². The summed E-state index contributed by atoms with van der Waals surface area (Å²) in [5, 5.41) is 9.95. The molecule has 0 aliphatic carbocycles. The van der Waals surface area contributed by atoms with Gasteiger partial charge in [-0.1, -0.05) is 53.5 Å². The highest BCUT2D eigenvalue weighted by atomic mass is 35.5. The van der Waals surface area contributed by atoms with Crippen molar-refractivity contribution in [2.24, 2.45) is 0 Å². The first-order chi connectivity index (χ1) is 13.5. The fourth-order valence-corrected chi connectivity index (χ4v) is 4.05. The number of piperazine rings is 1. The van der Waals surface area contributed by atoms with E-state index in [1.807, 2.05) is 30.3 Å². The molecule has 0 saturated carbocycles. The normalized spacial score (nSPS) is 16.0. The molecule has 2 aromatic carbocycles. The molecule has 28 heavy (non-hydrogen) atoms. The molecule has 2 aromatic rings. The zero-order chi connectivity index (χ0) is 20.1. The minimum absolute atomic E-state index is 0.0219. The predicted molar refractivity (Wildman–Crippen MR) is 110 cm³/mol. The van der Waals surface area contributed by atoms with E-state index in [4.69, 9.17) is 28.3 Å². The van der Waals surface area contributed by atoms with Crippen LogP contribution in [0.25, 0.3) is 0 Å². The van der Waals surface area contributed by atoms with Gasteiger partial charge in [0.15, 0.2) is 0 Å². The van der Waals surface area contributed by atoms with Crippen LogP contribution in [0.4, 0.5) is 0 Å². The number of carbonyl (C=O) groups is 2. The van der Waals surface area contributed by atoms with Crippen LogP contribution in [0.3, 0.4) is 0 Å². The number of hydrogen-bond donors (Lipinski definition) is 1. The molecule has 1 aliphatic heterocycles. The van der Waals surface area contributed by atoms with Crippen molar-refractivity contribution in [2.45, 2.75) is 18.9 Å². The van der Waals surface area contributed by atoms with Crippen LogP contribution in [0.2, 0.25) is 10.0 Å². The standard InChI is InChI=1S/C21H22Cl2N2O3/c22-16-6-7-17(18(23)14-16)21(28)25-12-10-24(11-13-25)19(8-9-20(26)27)15-4-2-1-3-5-15/h1-7,14,19H,8-13H2,(H,26,27)/t19-/m1/s1.